The molecule has 1 aliphatic heterocycles. The lowest BCUT2D eigenvalue weighted by Crippen LogP contribution is -2.14. The Bertz CT molecular complexity index is 592. The molecule has 0 saturated heterocycles. The molecule has 2 aromatic rings. The van der Waals surface area contributed by atoms with Gasteiger partial charge in [0.1, 0.15) is 0 Å². The van der Waals surface area contributed by atoms with Crippen LogP contribution in [0.25, 0.3) is 10.9 Å². The van der Waals surface area contributed by atoms with Gasteiger partial charge >= 0.3 is 0 Å². The molecule has 0 radical (unpaired) electrons. The average molecular weight is 227 g/mol. The number of hydrogen-bond donors (Lipinski definition) is 1. The minimum absolute atomic E-state index is 0.101. The molecule has 1 aromatic heterocycles. The highest BCUT2D eigenvalue weighted by atomic mass is 16.3. The van der Waals surface area contributed by atoms with Crippen molar-refractivity contribution in [1.29, 1.82) is 0 Å². The first-order chi connectivity index (χ1) is 8.32. The third kappa shape index (κ3) is 1.25. The Hall–Kier alpha value is -1.28. The van der Waals surface area contributed by atoms with Crippen molar-refractivity contribution in [1.82, 2.24) is 4.57 Å². The van der Waals surface area contributed by atoms with Gasteiger partial charge in [0.05, 0.1) is 12.1 Å². The Balaban J connectivity index is 1.97. The van der Waals surface area contributed by atoms with Crippen LogP contribution in [-0.2, 0) is 18.4 Å². The van der Waals surface area contributed by atoms with Gasteiger partial charge in [-0.15, -0.1) is 0 Å². The van der Waals surface area contributed by atoms with E-state index in [1.165, 1.54) is 34.9 Å². The number of aliphatic hydroxyl groups is 1. The predicted octanol–water partition coefficient (Wildman–Crippen LogP) is 2.61. The molecule has 88 valence electrons. The molecule has 2 nitrogen and oxygen atoms in total. The SMILES string of the molecule is OCC1(c2cc3c4c(ccn4CCC3)c2)CC1. The van der Waals surface area contributed by atoms with Crippen molar-refractivity contribution in [2.45, 2.75) is 37.6 Å². The lowest BCUT2D eigenvalue weighted by Gasteiger charge is -2.19. The van der Waals surface area contributed by atoms with E-state index >= 15 is 0 Å². The van der Waals surface area contributed by atoms with Gasteiger partial charge in [0.15, 0.2) is 0 Å². The fraction of sp³-hybridized carbons (Fsp3) is 0.467. The lowest BCUT2D eigenvalue weighted by molar-refractivity contribution is 0.255. The van der Waals surface area contributed by atoms with Gasteiger partial charge in [-0.05, 0) is 48.9 Å². The summed E-state index contributed by atoms with van der Waals surface area (Å²) in [5.74, 6) is 0. The van der Waals surface area contributed by atoms with E-state index < -0.39 is 0 Å². The van der Waals surface area contributed by atoms with Gasteiger partial charge in [-0.3, -0.25) is 0 Å². The van der Waals surface area contributed by atoms with Gasteiger partial charge in [-0.1, -0.05) is 6.07 Å². The van der Waals surface area contributed by atoms with E-state index in [0.29, 0.717) is 6.61 Å². The number of nitrogens with zero attached hydrogens (tertiary/aromatic N) is 1. The smallest absolute Gasteiger partial charge is 0.0527 e. The molecule has 2 heteroatoms. The van der Waals surface area contributed by atoms with E-state index in [4.69, 9.17) is 0 Å². The van der Waals surface area contributed by atoms with E-state index in [9.17, 15) is 5.11 Å². The second-order valence-electron chi connectivity index (χ2n) is 5.62. The fourth-order valence-corrected chi connectivity index (χ4v) is 3.25. The monoisotopic (exact) mass is 227 g/mol. The van der Waals surface area contributed by atoms with Crippen molar-refractivity contribution in [3.05, 3.63) is 35.5 Å². The van der Waals surface area contributed by atoms with Crippen LogP contribution in [0.15, 0.2) is 24.4 Å². The molecule has 4 rings (SSSR count). The first-order valence-electron chi connectivity index (χ1n) is 6.56. The first-order valence-corrected chi connectivity index (χ1v) is 6.56. The van der Waals surface area contributed by atoms with E-state index in [2.05, 4.69) is 29.0 Å². The van der Waals surface area contributed by atoms with E-state index in [1.807, 2.05) is 0 Å². The van der Waals surface area contributed by atoms with Crippen LogP contribution in [0.2, 0.25) is 0 Å². The van der Waals surface area contributed by atoms with Crippen molar-refractivity contribution in [2.75, 3.05) is 6.61 Å². The van der Waals surface area contributed by atoms with Gasteiger partial charge in [-0.2, -0.15) is 0 Å². The Morgan fingerprint density at radius 2 is 2.18 bits per heavy atom. The van der Waals surface area contributed by atoms with Crippen LogP contribution in [0.1, 0.15) is 30.4 Å². The maximum Gasteiger partial charge on any atom is 0.0527 e. The van der Waals surface area contributed by atoms with Crippen LogP contribution in [-0.4, -0.2) is 16.3 Å². The molecule has 1 aromatic carbocycles. The summed E-state index contributed by atoms with van der Waals surface area (Å²) in [5, 5.41) is 10.9. The Morgan fingerprint density at radius 3 is 2.94 bits per heavy atom. The fourth-order valence-electron chi connectivity index (χ4n) is 3.25. The third-order valence-electron chi connectivity index (χ3n) is 4.55. The molecule has 1 fully saturated rings. The summed E-state index contributed by atoms with van der Waals surface area (Å²) in [5.41, 5.74) is 4.37. The van der Waals surface area contributed by atoms with Crippen molar-refractivity contribution in [3.8, 4) is 0 Å². The Labute approximate surface area is 101 Å². The minimum atomic E-state index is 0.101. The maximum atomic E-state index is 9.56. The average Bonchev–Trinajstić information content (AvgIpc) is 3.07. The van der Waals surface area contributed by atoms with E-state index in [0.717, 1.165) is 19.4 Å². The molecule has 1 saturated carbocycles. The number of hydrogen-bond acceptors (Lipinski definition) is 1. The highest BCUT2D eigenvalue weighted by molar-refractivity contribution is 5.85. The molecule has 0 unspecified atom stereocenters. The van der Waals surface area contributed by atoms with Crippen LogP contribution >= 0.6 is 0 Å². The van der Waals surface area contributed by atoms with Crippen molar-refractivity contribution < 1.29 is 5.11 Å². The number of rotatable bonds is 2. The molecule has 0 amide bonds. The summed E-state index contributed by atoms with van der Waals surface area (Å²) in [4.78, 5) is 0. The number of aromatic nitrogens is 1. The van der Waals surface area contributed by atoms with Crippen LogP contribution in [0.5, 0.6) is 0 Å². The largest absolute Gasteiger partial charge is 0.395 e. The molecule has 1 N–H and O–H groups in total. The Morgan fingerprint density at radius 1 is 1.29 bits per heavy atom. The topological polar surface area (TPSA) is 25.2 Å². The quantitative estimate of drug-likeness (QED) is 0.838. The molecular weight excluding hydrogens is 210 g/mol. The third-order valence-corrected chi connectivity index (χ3v) is 4.55. The summed E-state index contributed by atoms with van der Waals surface area (Å²) >= 11 is 0. The predicted molar refractivity (Wildman–Crippen MR) is 68.3 cm³/mol. The molecule has 0 atom stereocenters. The maximum absolute atomic E-state index is 9.56. The lowest BCUT2D eigenvalue weighted by atomic mass is 9.91. The molecule has 1 aliphatic carbocycles. The van der Waals surface area contributed by atoms with Gasteiger partial charge in [0.25, 0.3) is 0 Å². The second-order valence-corrected chi connectivity index (χ2v) is 5.62. The van der Waals surface area contributed by atoms with Crippen molar-refractivity contribution in [2.24, 2.45) is 0 Å². The highest BCUT2D eigenvalue weighted by Crippen LogP contribution is 2.49. The zero-order chi connectivity index (χ0) is 11.5. The summed E-state index contributed by atoms with van der Waals surface area (Å²) in [6, 6.07) is 6.87. The molecule has 0 bridgehead atoms. The van der Waals surface area contributed by atoms with Crippen LogP contribution in [0.3, 0.4) is 0 Å². The van der Waals surface area contributed by atoms with Gasteiger partial charge in [0, 0.05) is 23.5 Å². The zero-order valence-corrected chi connectivity index (χ0v) is 9.95. The van der Waals surface area contributed by atoms with Crippen molar-refractivity contribution in [3.63, 3.8) is 0 Å². The van der Waals surface area contributed by atoms with E-state index in [1.54, 1.807) is 0 Å². The molecular formula is C15H17NO. The normalized spacial score (nSPS) is 20.8. The van der Waals surface area contributed by atoms with Gasteiger partial charge < -0.3 is 9.67 Å². The summed E-state index contributed by atoms with van der Waals surface area (Å²) in [6.45, 7) is 1.46. The van der Waals surface area contributed by atoms with Crippen LogP contribution < -0.4 is 0 Å². The molecule has 0 spiro atoms. The summed E-state index contributed by atoms with van der Waals surface area (Å²) < 4.78 is 2.37. The summed E-state index contributed by atoms with van der Waals surface area (Å²) in [7, 11) is 0. The second kappa shape index (κ2) is 3.14. The van der Waals surface area contributed by atoms with Crippen molar-refractivity contribution >= 4 is 10.9 Å². The number of aliphatic hydroxyl groups excluding tert-OH is 1. The van der Waals surface area contributed by atoms with Crippen LogP contribution in [0, 0.1) is 0 Å². The van der Waals surface area contributed by atoms with Gasteiger partial charge in [-0.25, -0.2) is 0 Å². The molecule has 2 aliphatic rings. The minimum Gasteiger partial charge on any atom is -0.395 e. The number of benzene rings is 1. The standard InChI is InChI=1S/C15H17NO/c17-10-15(4-5-15)13-8-11-2-1-6-16-7-3-12(9-13)14(11)16/h3,7-9,17H,1-2,4-6,10H2. The Kier molecular flexibility index (Phi) is 1.79. The summed E-state index contributed by atoms with van der Waals surface area (Å²) in [6.07, 6.45) is 6.93. The molecule has 2 heterocycles. The number of aryl methyl sites for hydroxylation is 2. The molecule has 17 heavy (non-hydrogen) atoms. The zero-order valence-electron chi connectivity index (χ0n) is 9.95. The first kappa shape index (κ1) is 9.72. The highest BCUT2D eigenvalue weighted by Gasteiger charge is 2.44. The van der Waals surface area contributed by atoms with E-state index in [-0.39, 0.29) is 5.41 Å². The van der Waals surface area contributed by atoms with Gasteiger partial charge in [0.2, 0.25) is 0 Å². The van der Waals surface area contributed by atoms with Crippen LogP contribution in [0.4, 0.5) is 0 Å².